The largest absolute Gasteiger partial charge is 0.489 e. The van der Waals surface area contributed by atoms with Crippen LogP contribution >= 0.6 is 0 Å². The lowest BCUT2D eigenvalue weighted by molar-refractivity contribution is -0.384. The minimum Gasteiger partial charge on any atom is -0.489 e. The van der Waals surface area contributed by atoms with Crippen molar-refractivity contribution in [3.63, 3.8) is 0 Å². The second-order valence-electron chi connectivity index (χ2n) is 22.2. The van der Waals surface area contributed by atoms with E-state index in [4.69, 9.17) is 19.2 Å². The van der Waals surface area contributed by atoms with Crippen LogP contribution in [-0.2, 0) is 14.8 Å². The number of nitro benzene ring substituents is 1. The number of piperidine rings is 1. The highest BCUT2D eigenvalue weighted by atomic mass is 32.2. The molecule has 3 aromatic carbocycles. The van der Waals surface area contributed by atoms with Gasteiger partial charge in [-0.15, -0.1) is 0 Å². The molecule has 3 saturated heterocycles. The summed E-state index contributed by atoms with van der Waals surface area (Å²) in [7, 11) is -4.71. The van der Waals surface area contributed by atoms with Crippen molar-refractivity contribution in [3.05, 3.63) is 106 Å². The Bertz CT molecular complexity index is 3110. The number of anilines is 4. The summed E-state index contributed by atoms with van der Waals surface area (Å²) >= 11 is 0. The van der Waals surface area contributed by atoms with E-state index in [2.05, 4.69) is 62.6 Å². The van der Waals surface area contributed by atoms with Crippen LogP contribution in [0.5, 0.6) is 11.6 Å². The Morgan fingerprint density at radius 1 is 0.945 bits per heavy atom. The minimum absolute atomic E-state index is 0.00884. The molecule has 2 saturated carbocycles. The van der Waals surface area contributed by atoms with E-state index >= 15 is 0 Å². The first kappa shape index (κ1) is 47.8. The molecule has 0 radical (unpaired) electrons. The fourth-order valence-corrected chi connectivity index (χ4v) is 14.2. The van der Waals surface area contributed by atoms with Crippen LogP contribution in [0.3, 0.4) is 0 Å². The number of carbonyl (C=O) groups excluding carboxylic acids is 1. The van der Waals surface area contributed by atoms with Gasteiger partial charge in [-0.25, -0.2) is 13.1 Å². The summed E-state index contributed by atoms with van der Waals surface area (Å²) in [5, 5.41) is 27.2. The molecule has 2 aliphatic carbocycles. The molecule has 0 unspecified atom stereocenters. The SMILES string of the molecule is C=C(C)c1ccccc1[C@@H]1CCCN1C1CC2(CCN(c3ccc(C(=O)NS(=O)(=O)c4cc5c(c([N+](=O)[O-])c4)N[C@H](C4CCC(C)(O)CC4)CO5)c(N4C[C@H]5COC[C@@H]5Oc5nc6[nH]ccc6cc54)c3)CC2)C1. The highest BCUT2D eigenvalue weighted by Gasteiger charge is 2.50. The topological polar surface area (TPSA) is 205 Å². The number of likely N-dealkylation sites (tertiary alicyclic amines) is 1. The second-order valence-corrected chi connectivity index (χ2v) is 23.9. The van der Waals surface area contributed by atoms with Crippen LogP contribution in [0, 0.1) is 27.4 Å². The Hall–Kier alpha value is -6.21. The molecule has 0 bridgehead atoms. The monoisotopic (exact) mass is 1010 g/mol. The lowest BCUT2D eigenvalue weighted by Crippen LogP contribution is -2.55. The molecule has 12 rings (SSSR count). The van der Waals surface area contributed by atoms with Gasteiger partial charge in [0.2, 0.25) is 5.88 Å². The van der Waals surface area contributed by atoms with E-state index in [1.807, 2.05) is 36.1 Å². The molecule has 2 aromatic heterocycles. The summed E-state index contributed by atoms with van der Waals surface area (Å²) in [6.07, 6.45) is 10.9. The molecule has 4 N–H and O–H groups in total. The van der Waals surface area contributed by atoms with Crippen LogP contribution in [0.2, 0.25) is 0 Å². The van der Waals surface area contributed by atoms with Crippen LogP contribution in [-0.4, -0.2) is 109 Å². The number of pyridine rings is 1. The summed E-state index contributed by atoms with van der Waals surface area (Å²) in [6.45, 7) is 12.3. The van der Waals surface area contributed by atoms with Crippen molar-refractivity contribution in [2.75, 3.05) is 61.1 Å². The summed E-state index contributed by atoms with van der Waals surface area (Å²) in [5.41, 5.74) is 5.62. The molecule has 73 heavy (non-hydrogen) atoms. The zero-order valence-corrected chi connectivity index (χ0v) is 42.3. The van der Waals surface area contributed by atoms with Gasteiger partial charge in [-0.05, 0) is 137 Å². The number of benzene rings is 3. The minimum atomic E-state index is -4.71. The number of aliphatic hydroxyl groups is 1. The maximum Gasteiger partial charge on any atom is 0.297 e. The first-order valence-corrected chi connectivity index (χ1v) is 27.5. The fourth-order valence-electron chi connectivity index (χ4n) is 13.2. The fraction of sp³-hybridized carbons (Fsp3) is 0.491. The highest BCUT2D eigenvalue weighted by molar-refractivity contribution is 7.90. The molecule has 17 nitrogen and oxygen atoms in total. The molecular weight excluding hydrogens is 949 g/mol. The van der Waals surface area contributed by atoms with Crippen LogP contribution in [0.1, 0.15) is 106 Å². The number of allylic oxidation sites excluding steroid dienone is 1. The van der Waals surface area contributed by atoms with Crippen molar-refractivity contribution < 1.29 is 37.5 Å². The van der Waals surface area contributed by atoms with Crippen LogP contribution in [0.15, 0.2) is 84.4 Å². The Kier molecular flexibility index (Phi) is 12.0. The van der Waals surface area contributed by atoms with Crippen molar-refractivity contribution in [3.8, 4) is 11.6 Å². The van der Waals surface area contributed by atoms with E-state index in [1.165, 1.54) is 36.5 Å². The number of H-pyrrole nitrogens is 1. The smallest absolute Gasteiger partial charge is 0.297 e. The highest BCUT2D eigenvalue weighted by Crippen LogP contribution is 2.55. The van der Waals surface area contributed by atoms with Gasteiger partial charge < -0.3 is 39.4 Å². The third kappa shape index (κ3) is 8.86. The number of ether oxygens (including phenoxy) is 3. The number of nitro groups is 1. The maximum atomic E-state index is 14.8. The average molecular weight is 1010 g/mol. The predicted molar refractivity (Wildman–Crippen MR) is 278 cm³/mol. The van der Waals surface area contributed by atoms with Gasteiger partial charge in [0.15, 0.2) is 11.4 Å². The molecule has 5 aliphatic heterocycles. The Balaban J connectivity index is 0.827. The molecular formula is C55H64N8O9S. The molecule has 7 heterocycles. The summed E-state index contributed by atoms with van der Waals surface area (Å²) < 4.78 is 49.6. The van der Waals surface area contributed by atoms with E-state index in [9.17, 15) is 28.4 Å². The van der Waals surface area contributed by atoms with Crippen molar-refractivity contribution in [1.82, 2.24) is 19.6 Å². The van der Waals surface area contributed by atoms with Gasteiger partial charge in [0.25, 0.3) is 21.6 Å². The van der Waals surface area contributed by atoms with Crippen molar-refractivity contribution >= 4 is 61.0 Å². The number of aromatic amines is 1. The molecule has 384 valence electrons. The number of carbonyl (C=O) groups is 1. The number of nitrogens with one attached hydrogen (secondary N) is 3. The second kappa shape index (κ2) is 18.3. The van der Waals surface area contributed by atoms with Gasteiger partial charge in [0, 0.05) is 67.0 Å². The molecule has 1 spiro atoms. The maximum absolute atomic E-state index is 14.8. The molecule has 4 atom stereocenters. The number of sulfonamides is 1. The van der Waals surface area contributed by atoms with Crippen molar-refractivity contribution in [2.45, 2.75) is 113 Å². The normalized spacial score (nSPS) is 26.9. The number of fused-ring (bicyclic) bond motifs is 4. The van der Waals surface area contributed by atoms with E-state index in [1.54, 1.807) is 12.3 Å². The van der Waals surface area contributed by atoms with Gasteiger partial charge in [-0.3, -0.25) is 19.8 Å². The quantitative estimate of drug-likeness (QED) is 0.0763. The van der Waals surface area contributed by atoms with Crippen LogP contribution < -0.4 is 29.3 Å². The van der Waals surface area contributed by atoms with Crippen molar-refractivity contribution in [2.24, 2.45) is 17.3 Å². The Morgan fingerprint density at radius 2 is 1.74 bits per heavy atom. The lowest BCUT2D eigenvalue weighted by atomic mass is 9.59. The van der Waals surface area contributed by atoms with E-state index < -0.39 is 37.0 Å². The number of hydrogen-bond donors (Lipinski definition) is 4. The summed E-state index contributed by atoms with van der Waals surface area (Å²) in [6, 6.07) is 21.1. The zero-order valence-electron chi connectivity index (χ0n) is 41.5. The predicted octanol–water partition coefficient (Wildman–Crippen LogP) is 8.87. The van der Waals surface area contributed by atoms with Gasteiger partial charge in [-0.1, -0.05) is 36.4 Å². The average Bonchev–Trinajstić information content (AvgIpc) is 4.14. The summed E-state index contributed by atoms with van der Waals surface area (Å²) in [4.78, 5) is 41.4. The van der Waals surface area contributed by atoms with Gasteiger partial charge in [-0.2, -0.15) is 4.98 Å². The van der Waals surface area contributed by atoms with E-state index in [0.29, 0.717) is 80.4 Å². The number of hydrogen-bond acceptors (Lipinski definition) is 14. The van der Waals surface area contributed by atoms with E-state index in [-0.39, 0.29) is 53.0 Å². The number of nitrogens with zero attached hydrogens (tertiary/aromatic N) is 5. The van der Waals surface area contributed by atoms with Crippen LogP contribution in [0.4, 0.5) is 28.4 Å². The number of rotatable bonds is 10. The Labute approximate surface area is 425 Å². The standard InChI is InChI=1S/C55H64N8O9S/c1-33(2)40-7-4-5-8-41(40)44-9-6-20-61(44)38-27-55(28-38)17-21-60(22-18-55)37-10-11-42(45(24-37)62-29-36-30-70-32-49(36)72-53-47(62)23-35-14-19-56-51(35)58-53)52(64)59-73(68,69)39-25-46(63(66)67)50-48(26-39)71-31-43(57-50)34-12-15-54(3,65)16-13-34/h4-5,7-8,10-11,14,19,23-26,34,36,38,43-44,49,57,65H,1,6,9,12-13,15-18,20-22,27-32H2,2-3H3,(H,56,58)(H,59,64)/t34?,36-,43-,44-,49-,54?/m0/s1. The first-order chi connectivity index (χ1) is 35.1. The third-order valence-corrected chi connectivity index (χ3v) is 18.7. The molecule has 5 fully saturated rings. The Morgan fingerprint density at radius 3 is 2.52 bits per heavy atom. The lowest BCUT2D eigenvalue weighted by Gasteiger charge is -2.56. The van der Waals surface area contributed by atoms with Gasteiger partial charge >= 0.3 is 0 Å². The molecule has 1 amide bonds. The molecule has 5 aromatic rings. The summed E-state index contributed by atoms with van der Waals surface area (Å²) in [5.74, 6) is -0.524. The third-order valence-electron chi connectivity index (χ3n) is 17.4. The number of aromatic nitrogens is 2. The zero-order chi connectivity index (χ0) is 50.4. The first-order valence-electron chi connectivity index (χ1n) is 26.0. The molecule has 7 aliphatic rings. The molecule has 18 heteroatoms. The van der Waals surface area contributed by atoms with Gasteiger partial charge in [0.05, 0.1) is 45.9 Å². The van der Waals surface area contributed by atoms with Crippen LogP contribution in [0.25, 0.3) is 16.6 Å². The van der Waals surface area contributed by atoms with Gasteiger partial charge in [0.1, 0.15) is 24.0 Å². The van der Waals surface area contributed by atoms with E-state index in [0.717, 1.165) is 61.6 Å². The number of amides is 1. The van der Waals surface area contributed by atoms with Crippen molar-refractivity contribution in [1.29, 1.82) is 0 Å².